The monoisotopic (exact) mass is 2080 g/mol. The van der Waals surface area contributed by atoms with E-state index in [1.165, 1.54) is 0 Å². The van der Waals surface area contributed by atoms with E-state index in [9.17, 15) is 8.76 Å². The molecule has 0 saturated carbocycles. The van der Waals surface area contributed by atoms with E-state index in [0.29, 0.717) is 0 Å². The lowest BCUT2D eigenvalue weighted by Gasteiger charge is -2.59. The third-order valence-electron chi connectivity index (χ3n) is 9.18. The molecule has 0 bridgehead atoms. The largest absolute Gasteiger partial charge is 0.304 e. The van der Waals surface area contributed by atoms with Crippen molar-refractivity contribution in [2.24, 2.45) is 0 Å². The fourth-order valence-corrected chi connectivity index (χ4v) is 22.2. The minimum absolute atomic E-state index is 2.95. The maximum Gasteiger partial charge on any atom is 0.304 e. The zero-order valence-corrected chi connectivity index (χ0v) is 70.0. The summed E-state index contributed by atoms with van der Waals surface area (Å²) in [5, 5.41) is 0. The Morgan fingerprint density at radius 3 is 0.364 bits per heavy atom. The van der Waals surface area contributed by atoms with Crippen molar-refractivity contribution < 1.29 is 12.9 Å². The molecule has 0 rings (SSSR count). The van der Waals surface area contributed by atoms with Gasteiger partial charge in [-0.1, -0.05) is 568 Å². The predicted molar refractivity (Wildman–Crippen MR) is 364 cm³/mol. The molecule has 1 atom stereocenters. The lowest BCUT2D eigenvalue weighted by Crippen LogP contribution is -2.77. The molecule has 53 heteroatoms. The van der Waals surface area contributed by atoms with Crippen molar-refractivity contribution in [1.29, 1.82) is 0 Å². The van der Waals surface area contributed by atoms with Gasteiger partial charge in [0.15, 0.2) is 86.7 Å². The van der Waals surface area contributed by atoms with Crippen molar-refractivity contribution in [3.05, 3.63) is 0 Å². The molecular weight excluding hydrogens is 2110 g/mol. The molecule has 0 heterocycles. The molecule has 0 fully saturated rings. The fraction of sp³-hybridized carbons (Fsp3) is 1.00. The summed E-state index contributed by atoms with van der Waals surface area (Å²) in [6, 6.07) is 0. The minimum Gasteiger partial charge on any atom is -0.284 e. The maximum absolute atomic E-state index is 11.4. The van der Waals surface area contributed by atoms with E-state index < -0.39 is 115 Å². The first-order chi connectivity index (χ1) is 32.2. The molecule has 0 aromatic heterocycles. The van der Waals surface area contributed by atoms with Crippen LogP contribution in [0.3, 0.4) is 0 Å². The highest BCUT2D eigenvalue weighted by Gasteiger charge is 2.90. The van der Waals surface area contributed by atoms with E-state index in [0.717, 1.165) is 0 Å². The summed E-state index contributed by atoms with van der Waals surface area (Å²) in [5.74, 6) is 0. The lowest BCUT2D eigenvalue weighted by molar-refractivity contribution is 0.208. The Bertz CT molecular complexity index is 2170. The smallest absolute Gasteiger partial charge is 0.284 e. The van der Waals surface area contributed by atoms with Crippen molar-refractivity contribution in [2.45, 2.75) is 104 Å². The van der Waals surface area contributed by atoms with Gasteiger partial charge in [0.05, 0.1) is 0 Å². The Kier molecular flexibility index (Phi) is 32.4. The van der Waals surface area contributed by atoms with Gasteiger partial charge in [-0.2, -0.15) is 4.21 Å². The van der Waals surface area contributed by atoms with Crippen LogP contribution in [0.15, 0.2) is 0 Å². The van der Waals surface area contributed by atoms with Crippen LogP contribution in [-0.4, -0.2) is 112 Å². The third-order valence-corrected chi connectivity index (χ3v) is 45.3. The lowest BCUT2D eigenvalue weighted by atomic mass is 9.95. The zero-order chi connectivity index (χ0) is 64.3. The van der Waals surface area contributed by atoms with Crippen LogP contribution in [0, 0.1) is 0 Å². The van der Waals surface area contributed by atoms with Gasteiger partial charge in [-0.05, 0) is 0 Å². The zero-order valence-electron chi connectivity index (χ0n) is 32.2. The average molecular weight is 2110 g/mol. The van der Waals surface area contributed by atoms with Crippen molar-refractivity contribution >= 4 is 580 Å². The maximum atomic E-state index is 11.4. The summed E-state index contributed by atoms with van der Waals surface area (Å²) in [6.07, 6.45) is 0. The van der Waals surface area contributed by atoms with Gasteiger partial charge in [-0.15, -0.1) is 0 Å². The van der Waals surface area contributed by atoms with Crippen molar-refractivity contribution in [3.8, 4) is 0 Å². The molecule has 464 valence electrons. The van der Waals surface area contributed by atoms with Gasteiger partial charge in [0.25, 0.3) is 4.52 Å². The van der Waals surface area contributed by atoms with E-state index in [2.05, 4.69) is 4.18 Å². The Hall–Kier alpha value is 14.3. The predicted octanol–water partition coefficient (Wildman–Crippen LogP) is 28.5. The molecule has 0 aromatic carbocycles. The molecule has 77 heavy (non-hydrogen) atoms. The second-order valence-corrected chi connectivity index (χ2v) is 47.3. The van der Waals surface area contributed by atoms with Gasteiger partial charge >= 0.3 is 11.4 Å². The molecule has 1 unspecified atom stereocenters. The number of hydrogen-bond acceptors (Lipinski definition) is 2. The molecule has 0 amide bonds. The van der Waals surface area contributed by atoms with E-state index in [4.69, 9.17) is 568 Å². The van der Waals surface area contributed by atoms with Gasteiger partial charge < -0.3 is 0 Å². The highest BCUT2D eigenvalue weighted by Crippen LogP contribution is 2.81. The van der Waals surface area contributed by atoms with E-state index in [1.807, 2.05) is 0 Å². The van der Waals surface area contributed by atoms with Crippen LogP contribution >= 0.6 is 568 Å². The molecule has 0 aromatic rings. The minimum atomic E-state index is -3.96. The first kappa shape index (κ1) is 91.3. The van der Waals surface area contributed by atoms with E-state index in [-0.39, 0.29) is 0 Å². The molecule has 0 radical (unpaired) electrons. The van der Waals surface area contributed by atoms with Crippen LogP contribution in [-0.2, 0) is 15.5 Å². The Morgan fingerprint density at radius 1 is 0.182 bits per heavy atom. The molecule has 3 nitrogen and oxygen atoms in total. The quantitative estimate of drug-likeness (QED) is 0.0774. The van der Waals surface area contributed by atoms with E-state index in [1.54, 1.807) is 0 Å². The number of rotatable bonds is 24. The molecule has 0 saturated heterocycles. The van der Waals surface area contributed by atoms with Crippen LogP contribution in [0.5, 0.6) is 0 Å². The standard InChI is InChI=1S/C24HCl49O3S/c25-1(26,3(29,30)5(33,34)7(37,38)9(41,42)11(45,46)13(49,50)15(53,54)17(57,58)19(61,62)21(65,66)23(69,70)71)2(27,28)4(31,32)6(35,36)8(39,40)10(43,44)12(47,48)14(51,52)16(55,56)18(59,60)20(63,64)22(67,68)24(72,73)76-77(74)75/h(H,74,75). The Balaban J connectivity index is 8.19. The molecule has 0 aliphatic heterocycles. The van der Waals surface area contributed by atoms with Crippen LogP contribution in [0.4, 0.5) is 0 Å². The molecule has 0 aliphatic carbocycles. The van der Waals surface area contributed by atoms with Gasteiger partial charge in [-0.3, -0.25) is 4.55 Å². The second kappa shape index (κ2) is 27.3. The third kappa shape index (κ3) is 13.7. The summed E-state index contributed by atoms with van der Waals surface area (Å²) in [4.78, 5) is 0. The topological polar surface area (TPSA) is 46.5 Å². The molecule has 0 spiro atoms. The number of alkyl halides is 49. The number of halogens is 49. The SMILES string of the molecule is O=S(O)OC(Cl)(Cl)C(Cl)(Cl)C(Cl)(Cl)C(Cl)(Cl)C(Cl)(Cl)C(Cl)(Cl)C(Cl)(Cl)C(Cl)(Cl)C(Cl)(Cl)C(Cl)(Cl)C(Cl)(Cl)C(Cl)(Cl)C(Cl)(Cl)C(Cl)(Cl)C(Cl)(Cl)C(Cl)(Cl)C(Cl)(Cl)C(Cl)(Cl)C(Cl)(Cl)C(Cl)(Cl)C(Cl)(Cl)C(Cl)(Cl)C(Cl)(Cl)C(Cl)(Cl)Cl. The van der Waals surface area contributed by atoms with Gasteiger partial charge in [0.1, 0.15) is 0 Å². The van der Waals surface area contributed by atoms with Crippen LogP contribution in [0.1, 0.15) is 0 Å². The van der Waals surface area contributed by atoms with Gasteiger partial charge in [0.2, 0.25) is 12.5 Å². The summed E-state index contributed by atoms with van der Waals surface area (Å²) < 4.78 is -64.3. The van der Waals surface area contributed by atoms with E-state index >= 15 is 0 Å². The highest BCUT2D eigenvalue weighted by molar-refractivity contribution is 7.74. The van der Waals surface area contributed by atoms with Crippen LogP contribution in [0.2, 0.25) is 0 Å². The fourth-order valence-electron chi connectivity index (χ4n) is 4.45. The number of hydrogen-bond donors (Lipinski definition) is 1. The first-order valence-corrected chi connectivity index (χ1v) is 35.3. The van der Waals surface area contributed by atoms with Gasteiger partial charge in [0, 0.05) is 0 Å². The second-order valence-electron chi connectivity index (χ2n) is 14.0. The highest BCUT2D eigenvalue weighted by atomic mass is 35.6. The van der Waals surface area contributed by atoms with Crippen LogP contribution in [0.25, 0.3) is 0 Å². The first-order valence-electron chi connectivity index (χ1n) is 15.7. The summed E-state index contributed by atoms with van der Waals surface area (Å²) in [7, 11) is 0. The van der Waals surface area contributed by atoms with Crippen LogP contribution < -0.4 is 0 Å². The average Bonchev–Trinajstić information content (AvgIpc) is 3.17. The normalized spacial score (nSPS) is 17.8. The van der Waals surface area contributed by atoms with Crippen molar-refractivity contribution in [2.75, 3.05) is 0 Å². The Morgan fingerprint density at radius 2 is 0.273 bits per heavy atom. The van der Waals surface area contributed by atoms with Gasteiger partial charge in [-0.25, -0.2) is 4.18 Å². The molecule has 1 N–H and O–H groups in total. The molecule has 0 aliphatic rings. The summed E-state index contributed by atoms with van der Waals surface area (Å²) in [6.45, 7) is 0. The summed E-state index contributed by atoms with van der Waals surface area (Å²) in [5.41, 5.74) is 0. The van der Waals surface area contributed by atoms with Crippen molar-refractivity contribution in [1.82, 2.24) is 0 Å². The molecular formula is C24HCl49O3S. The Labute approximate surface area is 684 Å². The summed E-state index contributed by atoms with van der Waals surface area (Å²) >= 11 is 314. The van der Waals surface area contributed by atoms with Crippen molar-refractivity contribution in [3.63, 3.8) is 0 Å².